The van der Waals surface area contributed by atoms with Crippen molar-refractivity contribution in [1.82, 2.24) is 4.90 Å². The van der Waals surface area contributed by atoms with Crippen molar-refractivity contribution in [3.05, 3.63) is 29.8 Å². The van der Waals surface area contributed by atoms with Crippen molar-refractivity contribution in [3.8, 4) is 0 Å². The van der Waals surface area contributed by atoms with Crippen molar-refractivity contribution in [2.24, 2.45) is 0 Å². The number of hydrogen-bond donors (Lipinski definition) is 2. The number of carboxylic acids is 1. The fourth-order valence-electron chi connectivity index (χ4n) is 1.59. The third kappa shape index (κ3) is 5.43. The molecule has 0 spiro atoms. The SMILES string of the molecule is CN(CC(=O)Nc1ccccc1C(=O)O)C(=O)OC(C)(C)C. The van der Waals surface area contributed by atoms with E-state index in [4.69, 9.17) is 9.84 Å². The molecule has 0 aliphatic rings. The smallest absolute Gasteiger partial charge is 0.410 e. The van der Waals surface area contributed by atoms with Gasteiger partial charge in [0.05, 0.1) is 11.3 Å². The third-order valence-electron chi connectivity index (χ3n) is 2.52. The largest absolute Gasteiger partial charge is 0.478 e. The van der Waals surface area contributed by atoms with Gasteiger partial charge in [-0.2, -0.15) is 0 Å². The molecule has 1 rings (SSSR count). The van der Waals surface area contributed by atoms with E-state index in [1.807, 2.05) is 0 Å². The first kappa shape index (κ1) is 17.5. The number of nitrogens with one attached hydrogen (secondary N) is 1. The highest BCUT2D eigenvalue weighted by Crippen LogP contribution is 2.15. The summed E-state index contributed by atoms with van der Waals surface area (Å²) in [6.45, 7) is 4.93. The van der Waals surface area contributed by atoms with Crippen LogP contribution in [-0.4, -0.2) is 47.2 Å². The van der Waals surface area contributed by atoms with Crippen molar-refractivity contribution >= 4 is 23.7 Å². The van der Waals surface area contributed by atoms with Crippen LogP contribution in [-0.2, 0) is 9.53 Å². The van der Waals surface area contributed by atoms with Crippen LogP contribution in [0, 0.1) is 0 Å². The van der Waals surface area contributed by atoms with Gasteiger partial charge in [-0.25, -0.2) is 9.59 Å². The van der Waals surface area contributed by atoms with E-state index in [9.17, 15) is 14.4 Å². The highest BCUT2D eigenvalue weighted by atomic mass is 16.6. The molecule has 0 fully saturated rings. The summed E-state index contributed by atoms with van der Waals surface area (Å²) in [6.07, 6.45) is -0.630. The second kappa shape index (κ2) is 6.93. The molecule has 120 valence electrons. The molecule has 0 saturated carbocycles. The predicted molar refractivity (Wildman–Crippen MR) is 80.9 cm³/mol. The van der Waals surface area contributed by atoms with Crippen molar-refractivity contribution in [1.29, 1.82) is 0 Å². The first-order valence-corrected chi connectivity index (χ1v) is 6.66. The van der Waals surface area contributed by atoms with Crippen LogP contribution in [0.3, 0.4) is 0 Å². The highest BCUT2D eigenvalue weighted by Gasteiger charge is 2.21. The number of ether oxygens (including phenoxy) is 1. The maximum atomic E-state index is 11.9. The molecule has 1 aromatic carbocycles. The van der Waals surface area contributed by atoms with Gasteiger partial charge in [0.1, 0.15) is 12.1 Å². The fraction of sp³-hybridized carbons (Fsp3) is 0.400. The maximum Gasteiger partial charge on any atom is 0.410 e. The van der Waals surface area contributed by atoms with E-state index in [1.165, 1.54) is 19.2 Å². The Morgan fingerprint density at radius 1 is 1.23 bits per heavy atom. The van der Waals surface area contributed by atoms with Gasteiger partial charge in [-0.1, -0.05) is 12.1 Å². The minimum absolute atomic E-state index is 0.0178. The summed E-state index contributed by atoms with van der Waals surface area (Å²) in [6, 6.07) is 6.04. The van der Waals surface area contributed by atoms with E-state index >= 15 is 0 Å². The second-order valence-electron chi connectivity index (χ2n) is 5.74. The lowest BCUT2D eigenvalue weighted by Gasteiger charge is -2.24. The molecule has 0 radical (unpaired) electrons. The number of likely N-dealkylation sites (N-methyl/N-ethyl adjacent to an activating group) is 1. The predicted octanol–water partition coefficient (Wildman–Crippen LogP) is 2.19. The summed E-state index contributed by atoms with van der Waals surface area (Å²) in [4.78, 5) is 35.8. The molecule has 1 aromatic rings. The summed E-state index contributed by atoms with van der Waals surface area (Å²) in [5, 5.41) is 11.5. The monoisotopic (exact) mass is 308 g/mol. The maximum absolute atomic E-state index is 11.9. The molecule has 0 heterocycles. The number of para-hydroxylation sites is 1. The number of carbonyl (C=O) groups excluding carboxylic acids is 2. The van der Waals surface area contributed by atoms with Crippen LogP contribution in [0.15, 0.2) is 24.3 Å². The number of benzene rings is 1. The van der Waals surface area contributed by atoms with E-state index < -0.39 is 23.6 Å². The molecule has 2 N–H and O–H groups in total. The Hall–Kier alpha value is -2.57. The van der Waals surface area contributed by atoms with E-state index in [0.717, 1.165) is 4.90 Å². The van der Waals surface area contributed by atoms with Crippen LogP contribution in [0.25, 0.3) is 0 Å². The Bertz CT molecular complexity index is 578. The highest BCUT2D eigenvalue weighted by molar-refractivity contribution is 6.01. The van der Waals surface area contributed by atoms with Crippen LogP contribution in [0.4, 0.5) is 10.5 Å². The van der Waals surface area contributed by atoms with Crippen LogP contribution >= 0.6 is 0 Å². The number of aromatic carboxylic acids is 1. The Kier molecular flexibility index (Phi) is 5.50. The number of nitrogens with zero attached hydrogens (tertiary/aromatic N) is 1. The van der Waals surface area contributed by atoms with E-state index in [2.05, 4.69) is 5.32 Å². The normalized spacial score (nSPS) is 10.7. The lowest BCUT2D eigenvalue weighted by atomic mass is 10.2. The Morgan fingerprint density at radius 3 is 2.36 bits per heavy atom. The van der Waals surface area contributed by atoms with Gasteiger partial charge in [0.25, 0.3) is 0 Å². The van der Waals surface area contributed by atoms with Gasteiger partial charge in [-0.3, -0.25) is 4.79 Å². The summed E-state index contributed by atoms with van der Waals surface area (Å²) in [5.41, 5.74) is -0.495. The van der Waals surface area contributed by atoms with Crippen LogP contribution in [0.2, 0.25) is 0 Å². The second-order valence-corrected chi connectivity index (χ2v) is 5.74. The molecule has 7 nitrogen and oxygen atoms in total. The van der Waals surface area contributed by atoms with E-state index in [0.29, 0.717) is 0 Å². The lowest BCUT2D eigenvalue weighted by Crippen LogP contribution is -2.38. The Morgan fingerprint density at radius 2 is 1.82 bits per heavy atom. The Balaban J connectivity index is 2.67. The van der Waals surface area contributed by atoms with Crippen molar-refractivity contribution in [2.45, 2.75) is 26.4 Å². The zero-order valence-electron chi connectivity index (χ0n) is 13.0. The summed E-state index contributed by atoms with van der Waals surface area (Å²) in [7, 11) is 1.43. The van der Waals surface area contributed by atoms with Crippen molar-refractivity contribution < 1.29 is 24.2 Å². The number of carboxylic acid groups (broad SMARTS) is 1. The molecule has 22 heavy (non-hydrogen) atoms. The van der Waals surface area contributed by atoms with Gasteiger partial charge in [0.15, 0.2) is 0 Å². The first-order valence-electron chi connectivity index (χ1n) is 6.66. The number of rotatable bonds is 4. The number of amides is 2. The molecule has 0 aliphatic heterocycles. The Labute approximate surface area is 128 Å². The van der Waals surface area contributed by atoms with E-state index in [-0.39, 0.29) is 17.8 Å². The van der Waals surface area contributed by atoms with Gasteiger partial charge >= 0.3 is 12.1 Å². The molecule has 7 heteroatoms. The molecule has 2 amide bonds. The molecule has 0 atom stereocenters. The van der Waals surface area contributed by atoms with Gasteiger partial charge in [-0.05, 0) is 32.9 Å². The zero-order chi connectivity index (χ0) is 16.9. The molecular formula is C15H20N2O5. The number of anilines is 1. The molecular weight excluding hydrogens is 288 g/mol. The van der Waals surface area contributed by atoms with Crippen molar-refractivity contribution in [3.63, 3.8) is 0 Å². The molecule has 0 aliphatic carbocycles. The van der Waals surface area contributed by atoms with Crippen LogP contribution < -0.4 is 5.32 Å². The number of carbonyl (C=O) groups is 3. The van der Waals surface area contributed by atoms with Crippen LogP contribution in [0.1, 0.15) is 31.1 Å². The van der Waals surface area contributed by atoms with Gasteiger partial charge in [0.2, 0.25) is 5.91 Å². The molecule has 0 unspecified atom stereocenters. The standard InChI is InChI=1S/C15H20N2O5/c1-15(2,3)22-14(21)17(4)9-12(18)16-11-8-6-5-7-10(11)13(19)20/h5-8H,9H2,1-4H3,(H,16,18)(H,19,20). The summed E-state index contributed by atoms with van der Waals surface area (Å²) < 4.78 is 5.13. The first-order chi connectivity index (χ1) is 10.1. The van der Waals surface area contributed by atoms with Crippen molar-refractivity contribution in [2.75, 3.05) is 18.9 Å². The fourth-order valence-corrected chi connectivity index (χ4v) is 1.59. The van der Waals surface area contributed by atoms with Crippen LogP contribution in [0.5, 0.6) is 0 Å². The molecule has 0 bridgehead atoms. The molecule has 0 aromatic heterocycles. The minimum Gasteiger partial charge on any atom is -0.478 e. The third-order valence-corrected chi connectivity index (χ3v) is 2.52. The minimum atomic E-state index is -1.14. The topological polar surface area (TPSA) is 95.9 Å². The lowest BCUT2D eigenvalue weighted by molar-refractivity contribution is -0.117. The van der Waals surface area contributed by atoms with E-state index in [1.54, 1.807) is 32.9 Å². The quantitative estimate of drug-likeness (QED) is 0.889. The van der Waals surface area contributed by atoms with Gasteiger partial charge in [-0.15, -0.1) is 0 Å². The summed E-state index contributed by atoms with van der Waals surface area (Å²) >= 11 is 0. The average Bonchev–Trinajstić information content (AvgIpc) is 2.36. The van der Waals surface area contributed by atoms with Gasteiger partial charge < -0.3 is 20.1 Å². The number of hydrogen-bond acceptors (Lipinski definition) is 4. The molecule has 0 saturated heterocycles. The average molecular weight is 308 g/mol. The summed E-state index contributed by atoms with van der Waals surface area (Å²) in [5.74, 6) is -1.65. The van der Waals surface area contributed by atoms with Gasteiger partial charge in [0, 0.05) is 7.05 Å². The zero-order valence-corrected chi connectivity index (χ0v) is 13.0.